The fourth-order valence-corrected chi connectivity index (χ4v) is 4.72. The molecular formula is C25H19ClN4O2S. The van der Waals surface area contributed by atoms with Crippen LogP contribution in [-0.4, -0.2) is 20.7 Å². The van der Waals surface area contributed by atoms with Crippen LogP contribution in [0.5, 0.6) is 0 Å². The molecule has 33 heavy (non-hydrogen) atoms. The van der Waals surface area contributed by atoms with Crippen molar-refractivity contribution in [3.05, 3.63) is 107 Å². The van der Waals surface area contributed by atoms with Crippen LogP contribution in [0.2, 0.25) is 5.15 Å². The largest absolute Gasteiger partial charge is 0.467 e. The van der Waals surface area contributed by atoms with Crippen molar-refractivity contribution < 1.29 is 9.21 Å². The fourth-order valence-electron chi connectivity index (χ4n) is 3.53. The van der Waals surface area contributed by atoms with Gasteiger partial charge in [-0.1, -0.05) is 60.1 Å². The van der Waals surface area contributed by atoms with Crippen molar-refractivity contribution in [2.24, 2.45) is 0 Å². The third-order valence-corrected chi connectivity index (χ3v) is 6.36. The van der Waals surface area contributed by atoms with Crippen LogP contribution in [0.15, 0.2) is 88.9 Å². The number of carbonyl (C=O) groups is 1. The van der Waals surface area contributed by atoms with Crippen LogP contribution in [0.1, 0.15) is 21.8 Å². The normalized spacial score (nSPS) is 11.0. The van der Waals surface area contributed by atoms with Crippen molar-refractivity contribution in [1.82, 2.24) is 14.8 Å². The van der Waals surface area contributed by atoms with Crippen LogP contribution in [-0.2, 0) is 6.54 Å². The van der Waals surface area contributed by atoms with Crippen molar-refractivity contribution in [2.45, 2.75) is 13.5 Å². The SMILES string of the molecule is Cc1nn(-c2ccccc2)c(Cl)c1C(=O)N(Cc1ccco1)c1nc(-c2ccccc2)cs1. The van der Waals surface area contributed by atoms with Crippen LogP contribution < -0.4 is 4.90 Å². The topological polar surface area (TPSA) is 64.2 Å². The molecular weight excluding hydrogens is 456 g/mol. The first-order valence-corrected chi connectivity index (χ1v) is 11.5. The highest BCUT2D eigenvalue weighted by Crippen LogP contribution is 2.32. The molecule has 0 fully saturated rings. The lowest BCUT2D eigenvalue weighted by atomic mass is 10.2. The van der Waals surface area contributed by atoms with Crippen molar-refractivity contribution in [3.8, 4) is 16.9 Å². The van der Waals surface area contributed by atoms with E-state index in [2.05, 4.69) is 5.10 Å². The molecule has 3 aromatic heterocycles. The number of anilines is 1. The van der Waals surface area contributed by atoms with Gasteiger partial charge in [0.05, 0.1) is 29.9 Å². The lowest BCUT2D eigenvalue weighted by Gasteiger charge is -2.19. The maximum Gasteiger partial charge on any atom is 0.265 e. The van der Waals surface area contributed by atoms with Crippen molar-refractivity contribution in [2.75, 3.05) is 4.90 Å². The molecule has 0 spiro atoms. The lowest BCUT2D eigenvalue weighted by Crippen LogP contribution is -2.30. The molecule has 0 saturated heterocycles. The van der Waals surface area contributed by atoms with E-state index in [1.165, 1.54) is 11.3 Å². The summed E-state index contributed by atoms with van der Waals surface area (Å²) in [6.45, 7) is 2.00. The third-order valence-electron chi connectivity index (χ3n) is 5.15. The van der Waals surface area contributed by atoms with E-state index in [0.717, 1.165) is 16.9 Å². The number of aryl methyl sites for hydroxylation is 1. The number of hydrogen-bond donors (Lipinski definition) is 0. The van der Waals surface area contributed by atoms with Crippen LogP contribution in [0.3, 0.4) is 0 Å². The molecule has 2 aromatic carbocycles. The standard InChI is InChI=1S/C25H19ClN4O2S/c1-17-22(23(26)30(28-17)19-11-6-3-7-12-19)24(31)29(15-20-13-8-14-32-20)25-27-21(16-33-25)18-9-4-2-5-10-18/h2-14,16H,15H2,1H3. The van der Waals surface area contributed by atoms with Crippen molar-refractivity contribution >= 4 is 34.0 Å². The molecule has 0 aliphatic carbocycles. The summed E-state index contributed by atoms with van der Waals surface area (Å²) >= 11 is 8.08. The van der Waals surface area contributed by atoms with E-state index in [1.54, 1.807) is 28.8 Å². The first-order valence-electron chi connectivity index (χ1n) is 10.3. The molecule has 164 valence electrons. The molecule has 0 radical (unpaired) electrons. The Hall–Kier alpha value is -3.68. The molecule has 1 amide bonds. The molecule has 5 rings (SSSR count). The van der Waals surface area contributed by atoms with Crippen LogP contribution in [0.25, 0.3) is 16.9 Å². The third kappa shape index (κ3) is 4.20. The average Bonchev–Trinajstić information content (AvgIpc) is 3.59. The van der Waals surface area contributed by atoms with E-state index in [0.29, 0.717) is 22.1 Å². The molecule has 0 unspecified atom stereocenters. The van der Waals surface area contributed by atoms with E-state index in [-0.39, 0.29) is 17.6 Å². The Balaban J connectivity index is 1.55. The molecule has 5 aromatic rings. The highest BCUT2D eigenvalue weighted by atomic mass is 35.5. The van der Waals surface area contributed by atoms with Gasteiger partial charge in [0.15, 0.2) is 5.13 Å². The number of hydrogen-bond acceptors (Lipinski definition) is 5. The number of halogens is 1. The minimum absolute atomic E-state index is 0.222. The van der Waals surface area contributed by atoms with Crippen LogP contribution in [0.4, 0.5) is 5.13 Å². The molecule has 8 heteroatoms. The number of thiazole rings is 1. The van der Waals surface area contributed by atoms with Gasteiger partial charge in [0.25, 0.3) is 5.91 Å². The van der Waals surface area contributed by atoms with Gasteiger partial charge in [-0.2, -0.15) is 5.10 Å². The summed E-state index contributed by atoms with van der Waals surface area (Å²) in [7, 11) is 0. The zero-order chi connectivity index (χ0) is 22.8. The smallest absolute Gasteiger partial charge is 0.265 e. The molecule has 0 bridgehead atoms. The molecule has 0 N–H and O–H groups in total. The lowest BCUT2D eigenvalue weighted by molar-refractivity contribution is 0.0983. The van der Waals surface area contributed by atoms with Gasteiger partial charge < -0.3 is 4.42 Å². The monoisotopic (exact) mass is 474 g/mol. The Morgan fingerprint density at radius 1 is 1.06 bits per heavy atom. The predicted molar refractivity (Wildman–Crippen MR) is 130 cm³/mol. The molecule has 0 saturated carbocycles. The molecule has 0 atom stereocenters. The molecule has 0 aliphatic rings. The summed E-state index contributed by atoms with van der Waals surface area (Å²) in [6, 6.07) is 23.0. The summed E-state index contributed by atoms with van der Waals surface area (Å²) < 4.78 is 7.10. The summed E-state index contributed by atoms with van der Waals surface area (Å²) in [5.74, 6) is 0.356. The van der Waals surface area contributed by atoms with E-state index < -0.39 is 0 Å². The quantitative estimate of drug-likeness (QED) is 0.285. The van der Waals surface area contributed by atoms with Gasteiger partial charge in [0.2, 0.25) is 0 Å². The molecule has 3 heterocycles. The predicted octanol–water partition coefficient (Wildman–Crippen LogP) is 6.40. The van der Waals surface area contributed by atoms with Crippen molar-refractivity contribution in [3.63, 3.8) is 0 Å². The Morgan fingerprint density at radius 3 is 2.48 bits per heavy atom. The van der Waals surface area contributed by atoms with E-state index in [1.807, 2.05) is 72.1 Å². The Kier molecular flexibility index (Phi) is 5.81. The van der Waals surface area contributed by atoms with Gasteiger partial charge in [0, 0.05) is 10.9 Å². The molecule has 0 aliphatic heterocycles. The second-order valence-electron chi connectivity index (χ2n) is 7.35. The van der Waals surface area contributed by atoms with Gasteiger partial charge in [-0.15, -0.1) is 11.3 Å². The highest BCUT2D eigenvalue weighted by Gasteiger charge is 2.29. The summed E-state index contributed by atoms with van der Waals surface area (Å²) in [4.78, 5) is 20.1. The second-order valence-corrected chi connectivity index (χ2v) is 8.55. The number of rotatable bonds is 6. The minimum atomic E-state index is -0.287. The van der Waals surface area contributed by atoms with Crippen LogP contribution >= 0.6 is 22.9 Å². The van der Waals surface area contributed by atoms with Gasteiger partial charge >= 0.3 is 0 Å². The second kappa shape index (κ2) is 9.05. The number of aromatic nitrogens is 3. The first kappa shape index (κ1) is 21.2. The number of furan rings is 1. The van der Waals surface area contributed by atoms with E-state index in [4.69, 9.17) is 21.0 Å². The average molecular weight is 475 g/mol. The zero-order valence-electron chi connectivity index (χ0n) is 17.7. The summed E-state index contributed by atoms with van der Waals surface area (Å²) in [5, 5.41) is 7.27. The maximum absolute atomic E-state index is 13.8. The highest BCUT2D eigenvalue weighted by molar-refractivity contribution is 7.14. The summed E-state index contributed by atoms with van der Waals surface area (Å²) in [6.07, 6.45) is 1.58. The molecule has 6 nitrogen and oxygen atoms in total. The first-order chi connectivity index (χ1) is 16.1. The zero-order valence-corrected chi connectivity index (χ0v) is 19.3. The van der Waals surface area contributed by atoms with Gasteiger partial charge in [-0.25, -0.2) is 9.67 Å². The van der Waals surface area contributed by atoms with E-state index in [9.17, 15) is 4.79 Å². The van der Waals surface area contributed by atoms with Crippen molar-refractivity contribution in [1.29, 1.82) is 0 Å². The fraction of sp³-hybridized carbons (Fsp3) is 0.0800. The van der Waals surface area contributed by atoms with Gasteiger partial charge in [0.1, 0.15) is 16.5 Å². The number of amides is 1. The Bertz CT molecular complexity index is 1380. The Labute approximate surface area is 199 Å². The Morgan fingerprint density at radius 2 is 1.79 bits per heavy atom. The maximum atomic E-state index is 13.8. The summed E-state index contributed by atoms with van der Waals surface area (Å²) in [5.41, 5.74) is 3.44. The number of nitrogens with zero attached hydrogens (tertiary/aromatic N) is 4. The number of para-hydroxylation sites is 1. The minimum Gasteiger partial charge on any atom is -0.467 e. The van der Waals surface area contributed by atoms with Gasteiger partial charge in [-0.3, -0.25) is 9.69 Å². The number of carbonyl (C=O) groups excluding carboxylic acids is 1. The number of benzene rings is 2. The van der Waals surface area contributed by atoms with Crippen LogP contribution in [0, 0.1) is 6.92 Å². The van der Waals surface area contributed by atoms with Gasteiger partial charge in [-0.05, 0) is 31.2 Å². The van der Waals surface area contributed by atoms with E-state index >= 15 is 0 Å².